The van der Waals surface area contributed by atoms with Crippen LogP contribution < -0.4 is 0 Å². The Hall–Kier alpha value is -2.96. The Balaban J connectivity index is 1.88. The molecule has 130 valence electrons. The standard InChI is InChI=1S/C18H18FN3O3/c1-12(23)15-16(13-5-2-3-6-14(13)19)22(18(25)17(15)24)9-4-8-21-10-7-20-11-21/h2-3,5-7,10-11,16,24H,4,8-9H2,1H3/t16-/m1/s1. The van der Waals surface area contributed by atoms with Crippen molar-refractivity contribution >= 4 is 11.7 Å². The molecule has 0 fully saturated rings. The van der Waals surface area contributed by atoms with E-state index in [1.165, 1.54) is 30.0 Å². The van der Waals surface area contributed by atoms with Gasteiger partial charge in [0, 0.05) is 31.0 Å². The van der Waals surface area contributed by atoms with E-state index in [0.717, 1.165) is 0 Å². The molecule has 1 atom stereocenters. The number of amides is 1. The molecule has 0 saturated heterocycles. The number of nitrogens with zero attached hydrogens (tertiary/aromatic N) is 3. The van der Waals surface area contributed by atoms with E-state index < -0.39 is 29.3 Å². The Morgan fingerprint density at radius 3 is 2.72 bits per heavy atom. The number of aryl methyl sites for hydroxylation is 1. The molecule has 1 aliphatic heterocycles. The van der Waals surface area contributed by atoms with Gasteiger partial charge in [0.2, 0.25) is 0 Å². The molecule has 1 aliphatic rings. The highest BCUT2D eigenvalue weighted by Crippen LogP contribution is 2.38. The average Bonchev–Trinajstić information content (AvgIpc) is 3.17. The van der Waals surface area contributed by atoms with E-state index >= 15 is 0 Å². The summed E-state index contributed by atoms with van der Waals surface area (Å²) >= 11 is 0. The van der Waals surface area contributed by atoms with Gasteiger partial charge in [-0.3, -0.25) is 9.59 Å². The zero-order valence-corrected chi connectivity index (χ0v) is 13.7. The number of ketones is 1. The third kappa shape index (κ3) is 3.17. The number of imidazole rings is 1. The molecule has 1 aromatic carbocycles. The second-order valence-electron chi connectivity index (χ2n) is 5.90. The first-order valence-corrected chi connectivity index (χ1v) is 7.96. The summed E-state index contributed by atoms with van der Waals surface area (Å²) in [6, 6.07) is 5.07. The molecule has 3 rings (SSSR count). The lowest BCUT2D eigenvalue weighted by Gasteiger charge is -2.27. The Labute approximate surface area is 144 Å². The number of aliphatic hydroxyl groups excluding tert-OH is 1. The molecule has 0 aliphatic carbocycles. The van der Waals surface area contributed by atoms with Crippen LogP contribution in [0, 0.1) is 5.82 Å². The minimum absolute atomic E-state index is 0.0577. The fourth-order valence-corrected chi connectivity index (χ4v) is 3.11. The zero-order valence-electron chi connectivity index (χ0n) is 13.7. The Morgan fingerprint density at radius 1 is 1.32 bits per heavy atom. The van der Waals surface area contributed by atoms with Crippen molar-refractivity contribution in [3.05, 3.63) is 65.7 Å². The predicted molar refractivity (Wildman–Crippen MR) is 88.0 cm³/mol. The van der Waals surface area contributed by atoms with Crippen LogP contribution in [0.3, 0.4) is 0 Å². The summed E-state index contributed by atoms with van der Waals surface area (Å²) in [6.07, 6.45) is 5.70. The van der Waals surface area contributed by atoms with Gasteiger partial charge < -0.3 is 14.6 Å². The Morgan fingerprint density at radius 2 is 2.08 bits per heavy atom. The van der Waals surface area contributed by atoms with Gasteiger partial charge in [0.15, 0.2) is 11.5 Å². The van der Waals surface area contributed by atoms with Gasteiger partial charge >= 0.3 is 0 Å². The third-order valence-corrected chi connectivity index (χ3v) is 4.26. The molecule has 0 saturated carbocycles. The maximum absolute atomic E-state index is 14.3. The molecule has 6 nitrogen and oxygen atoms in total. The highest BCUT2D eigenvalue weighted by Gasteiger charge is 2.42. The normalized spacial score (nSPS) is 17.4. The quantitative estimate of drug-likeness (QED) is 0.874. The second kappa shape index (κ2) is 6.88. The molecule has 0 unspecified atom stereocenters. The molecule has 7 heteroatoms. The number of carbonyl (C=O) groups excluding carboxylic acids is 2. The molecule has 1 N–H and O–H groups in total. The summed E-state index contributed by atoms with van der Waals surface area (Å²) in [7, 11) is 0. The van der Waals surface area contributed by atoms with Crippen LogP contribution >= 0.6 is 0 Å². The summed E-state index contributed by atoms with van der Waals surface area (Å²) < 4.78 is 16.1. The summed E-state index contributed by atoms with van der Waals surface area (Å²) in [6.45, 7) is 2.16. The largest absolute Gasteiger partial charge is 0.503 e. The Bertz CT molecular complexity index is 830. The summed E-state index contributed by atoms with van der Waals surface area (Å²) in [5.41, 5.74) is 0.144. The topological polar surface area (TPSA) is 75.4 Å². The predicted octanol–water partition coefficient (Wildman–Crippen LogP) is 2.40. The molecule has 1 amide bonds. The van der Waals surface area contributed by atoms with Crippen LogP contribution in [0.4, 0.5) is 4.39 Å². The summed E-state index contributed by atoms with van der Waals surface area (Å²) in [5, 5.41) is 10.1. The van der Waals surface area contributed by atoms with Gasteiger partial charge in [0.1, 0.15) is 5.82 Å². The molecule has 0 radical (unpaired) electrons. The van der Waals surface area contributed by atoms with E-state index in [0.29, 0.717) is 13.0 Å². The highest BCUT2D eigenvalue weighted by atomic mass is 19.1. The monoisotopic (exact) mass is 343 g/mol. The smallest absolute Gasteiger partial charge is 0.290 e. The maximum Gasteiger partial charge on any atom is 0.290 e. The van der Waals surface area contributed by atoms with Crippen LogP contribution in [-0.2, 0) is 16.1 Å². The van der Waals surface area contributed by atoms with Gasteiger partial charge in [0.05, 0.1) is 17.9 Å². The van der Waals surface area contributed by atoms with E-state index in [4.69, 9.17) is 0 Å². The van der Waals surface area contributed by atoms with Gasteiger partial charge in [-0.05, 0) is 19.4 Å². The van der Waals surface area contributed by atoms with Gasteiger partial charge in [-0.25, -0.2) is 9.37 Å². The lowest BCUT2D eigenvalue weighted by atomic mass is 9.96. The van der Waals surface area contributed by atoms with Gasteiger partial charge in [-0.1, -0.05) is 18.2 Å². The molecular weight excluding hydrogens is 325 g/mol. The van der Waals surface area contributed by atoms with Crippen molar-refractivity contribution in [1.82, 2.24) is 14.5 Å². The fourth-order valence-electron chi connectivity index (χ4n) is 3.11. The molecule has 25 heavy (non-hydrogen) atoms. The number of halogens is 1. The van der Waals surface area contributed by atoms with Crippen molar-refractivity contribution in [1.29, 1.82) is 0 Å². The van der Waals surface area contributed by atoms with Crippen molar-refractivity contribution < 1.29 is 19.1 Å². The number of hydrogen-bond donors (Lipinski definition) is 1. The number of carbonyl (C=O) groups is 2. The first-order chi connectivity index (χ1) is 12.0. The maximum atomic E-state index is 14.3. The molecule has 2 aromatic rings. The summed E-state index contributed by atoms with van der Waals surface area (Å²) in [4.78, 5) is 29.7. The van der Waals surface area contributed by atoms with Crippen LogP contribution in [0.15, 0.2) is 54.3 Å². The minimum atomic E-state index is -0.908. The number of aliphatic hydroxyl groups is 1. The van der Waals surface area contributed by atoms with Gasteiger partial charge in [-0.15, -0.1) is 0 Å². The fraction of sp³-hybridized carbons (Fsp3) is 0.278. The molecule has 0 bridgehead atoms. The first-order valence-electron chi connectivity index (χ1n) is 7.96. The van der Waals surface area contributed by atoms with Crippen LogP contribution in [-0.4, -0.2) is 37.8 Å². The number of hydrogen-bond acceptors (Lipinski definition) is 4. The third-order valence-electron chi connectivity index (χ3n) is 4.26. The molecule has 2 heterocycles. The zero-order chi connectivity index (χ0) is 18.0. The molecule has 0 spiro atoms. The molecule has 1 aromatic heterocycles. The number of benzene rings is 1. The SMILES string of the molecule is CC(=O)C1=C(O)C(=O)N(CCCn2ccnc2)[C@@H]1c1ccccc1F. The number of aromatic nitrogens is 2. The number of rotatable bonds is 6. The van der Waals surface area contributed by atoms with Crippen LogP contribution in [0.5, 0.6) is 0 Å². The van der Waals surface area contributed by atoms with Crippen molar-refractivity contribution in [2.45, 2.75) is 25.9 Å². The second-order valence-corrected chi connectivity index (χ2v) is 5.90. The lowest BCUT2D eigenvalue weighted by Crippen LogP contribution is -2.32. The van der Waals surface area contributed by atoms with Crippen LogP contribution in [0.25, 0.3) is 0 Å². The average molecular weight is 343 g/mol. The van der Waals surface area contributed by atoms with Crippen LogP contribution in [0.1, 0.15) is 24.9 Å². The van der Waals surface area contributed by atoms with Crippen LogP contribution in [0.2, 0.25) is 0 Å². The van der Waals surface area contributed by atoms with E-state index in [1.807, 2.05) is 4.57 Å². The van der Waals surface area contributed by atoms with Gasteiger partial charge in [0.25, 0.3) is 5.91 Å². The van der Waals surface area contributed by atoms with Crippen molar-refractivity contribution in [2.75, 3.05) is 6.54 Å². The van der Waals surface area contributed by atoms with Gasteiger partial charge in [-0.2, -0.15) is 0 Å². The van der Waals surface area contributed by atoms with E-state index in [-0.39, 0.29) is 17.7 Å². The minimum Gasteiger partial charge on any atom is -0.503 e. The molecular formula is C18H18FN3O3. The van der Waals surface area contributed by atoms with Crippen molar-refractivity contribution in [2.24, 2.45) is 0 Å². The first kappa shape index (κ1) is 16.9. The Kier molecular flexibility index (Phi) is 4.65. The van der Waals surface area contributed by atoms with Crippen molar-refractivity contribution in [3.8, 4) is 0 Å². The van der Waals surface area contributed by atoms with Crippen molar-refractivity contribution in [3.63, 3.8) is 0 Å². The van der Waals surface area contributed by atoms with E-state index in [9.17, 15) is 19.1 Å². The lowest BCUT2D eigenvalue weighted by molar-refractivity contribution is -0.129. The summed E-state index contributed by atoms with van der Waals surface area (Å²) in [5.74, 6) is -2.21. The number of Topliss-reactive ketones (excluding diaryl/α,β-unsaturated/α-hetero) is 1. The van der Waals surface area contributed by atoms with E-state index in [2.05, 4.69) is 4.98 Å². The van der Waals surface area contributed by atoms with E-state index in [1.54, 1.807) is 24.8 Å². The highest BCUT2D eigenvalue weighted by molar-refractivity contribution is 6.08.